The number of nitriles is 1. The summed E-state index contributed by atoms with van der Waals surface area (Å²) in [6, 6.07) is 14.7. The average Bonchev–Trinajstić information content (AvgIpc) is 2.72. The molecule has 2 unspecified atom stereocenters. The largest absolute Gasteiger partial charge is 0.445 e. The van der Waals surface area contributed by atoms with Crippen molar-refractivity contribution in [3.05, 3.63) is 71.0 Å². The van der Waals surface area contributed by atoms with Crippen LogP contribution >= 0.6 is 0 Å². The van der Waals surface area contributed by atoms with Crippen molar-refractivity contribution in [2.45, 2.75) is 37.1 Å². The lowest BCUT2D eigenvalue weighted by atomic mass is 9.76. The number of hydrogen-bond acceptors (Lipinski definition) is 5. The number of aliphatic hydroxyl groups is 1. The van der Waals surface area contributed by atoms with Gasteiger partial charge in [0.15, 0.2) is 0 Å². The Morgan fingerprint density at radius 3 is 2.55 bits per heavy atom. The summed E-state index contributed by atoms with van der Waals surface area (Å²) in [5, 5.41) is 20.4. The predicted octanol–water partition coefficient (Wildman–Crippen LogP) is 3.08. The molecule has 2 aromatic carbocycles. The highest BCUT2D eigenvalue weighted by atomic mass is 19.1. The zero-order valence-corrected chi connectivity index (χ0v) is 15.8. The van der Waals surface area contributed by atoms with Crippen LogP contribution in [0.15, 0.2) is 48.5 Å². The number of morpholine rings is 1. The maximum Gasteiger partial charge on any atom is 0.410 e. The molecular weight excluding hydrogens is 375 g/mol. The van der Waals surface area contributed by atoms with Gasteiger partial charge in [-0.25, -0.2) is 9.18 Å². The third-order valence-electron chi connectivity index (χ3n) is 5.59. The van der Waals surface area contributed by atoms with Crippen LogP contribution in [0.4, 0.5) is 9.18 Å². The summed E-state index contributed by atoms with van der Waals surface area (Å²) in [4.78, 5) is 14.4. The van der Waals surface area contributed by atoms with Gasteiger partial charge in [-0.2, -0.15) is 5.26 Å². The Labute approximate surface area is 168 Å². The summed E-state index contributed by atoms with van der Waals surface area (Å²) in [7, 11) is 0. The van der Waals surface area contributed by atoms with Crippen LogP contribution in [0.3, 0.4) is 0 Å². The molecule has 2 atom stereocenters. The maximum atomic E-state index is 14.7. The predicted molar refractivity (Wildman–Crippen MR) is 101 cm³/mol. The molecule has 2 heterocycles. The van der Waals surface area contributed by atoms with Crippen molar-refractivity contribution in [1.29, 1.82) is 5.26 Å². The van der Waals surface area contributed by atoms with Gasteiger partial charge in [0.1, 0.15) is 18.5 Å². The Morgan fingerprint density at radius 1 is 1.21 bits per heavy atom. The number of nitrogens with zero attached hydrogens (tertiary/aromatic N) is 2. The highest BCUT2D eigenvalue weighted by molar-refractivity contribution is 5.69. The van der Waals surface area contributed by atoms with Crippen molar-refractivity contribution >= 4 is 6.09 Å². The first-order valence-electron chi connectivity index (χ1n) is 9.50. The number of carbonyl (C=O) groups excluding carboxylic acids is 1. The number of fused-ring (bicyclic) bond motifs is 2. The van der Waals surface area contributed by atoms with Crippen molar-refractivity contribution in [2.75, 3.05) is 13.2 Å². The lowest BCUT2D eigenvalue weighted by molar-refractivity contribution is -0.137. The molecule has 7 heteroatoms. The van der Waals surface area contributed by atoms with E-state index in [1.54, 1.807) is 17.0 Å². The van der Waals surface area contributed by atoms with Crippen LogP contribution in [0.5, 0.6) is 0 Å². The summed E-state index contributed by atoms with van der Waals surface area (Å²) < 4.78 is 25.8. The standard InChI is InChI=1S/C22H21FN2O4/c23-20-16(11-24)7-4-8-19(20)22(27)9-17-13-28-14-18(10-22)25(17)21(26)29-12-15-5-2-1-3-6-15/h1-8,17-18,27H,9-10,12-14H2. The molecule has 2 aliphatic rings. The Balaban J connectivity index is 1.53. The fraction of sp³-hybridized carbons (Fsp3) is 0.364. The minimum atomic E-state index is -1.48. The van der Waals surface area contributed by atoms with Gasteiger partial charge < -0.3 is 14.6 Å². The second-order valence-corrected chi connectivity index (χ2v) is 7.51. The van der Waals surface area contributed by atoms with Crippen LogP contribution in [0, 0.1) is 17.1 Å². The van der Waals surface area contributed by atoms with E-state index in [0.29, 0.717) is 0 Å². The summed E-state index contributed by atoms with van der Waals surface area (Å²) in [6.45, 7) is 0.622. The van der Waals surface area contributed by atoms with Gasteiger partial charge in [-0.1, -0.05) is 42.5 Å². The Hall–Kier alpha value is -2.95. The van der Waals surface area contributed by atoms with E-state index in [4.69, 9.17) is 14.7 Å². The number of benzene rings is 2. The minimum absolute atomic E-state index is 0.0887. The molecule has 0 aromatic heterocycles. The van der Waals surface area contributed by atoms with E-state index >= 15 is 0 Å². The zero-order chi connectivity index (χ0) is 20.4. The van der Waals surface area contributed by atoms with E-state index in [0.717, 1.165) is 5.56 Å². The normalized spacial score (nSPS) is 25.9. The van der Waals surface area contributed by atoms with E-state index in [9.17, 15) is 14.3 Å². The van der Waals surface area contributed by atoms with Gasteiger partial charge in [0.05, 0.1) is 36.5 Å². The topological polar surface area (TPSA) is 82.8 Å². The Kier molecular flexibility index (Phi) is 5.22. The molecule has 0 saturated carbocycles. The number of halogens is 1. The van der Waals surface area contributed by atoms with Crippen molar-refractivity contribution in [2.24, 2.45) is 0 Å². The maximum absolute atomic E-state index is 14.7. The molecule has 1 N–H and O–H groups in total. The van der Waals surface area contributed by atoms with Crippen LogP contribution in [0.25, 0.3) is 0 Å². The third kappa shape index (κ3) is 3.69. The molecule has 6 nitrogen and oxygen atoms in total. The quantitative estimate of drug-likeness (QED) is 0.862. The van der Waals surface area contributed by atoms with E-state index in [2.05, 4.69) is 0 Å². The fourth-order valence-electron chi connectivity index (χ4n) is 4.27. The summed E-state index contributed by atoms with van der Waals surface area (Å²) in [5.41, 5.74) is -0.620. The van der Waals surface area contributed by atoms with Gasteiger partial charge in [0.25, 0.3) is 0 Å². The van der Waals surface area contributed by atoms with Crippen LogP contribution in [0.1, 0.15) is 29.5 Å². The number of hydrogen-bond donors (Lipinski definition) is 1. The minimum Gasteiger partial charge on any atom is -0.445 e. The van der Waals surface area contributed by atoms with Crippen LogP contribution < -0.4 is 0 Å². The van der Waals surface area contributed by atoms with Crippen LogP contribution in [-0.2, 0) is 21.7 Å². The molecule has 2 bridgehead atoms. The van der Waals surface area contributed by atoms with Gasteiger partial charge in [0, 0.05) is 18.4 Å². The number of amides is 1. The van der Waals surface area contributed by atoms with E-state index < -0.39 is 29.6 Å². The molecule has 2 fully saturated rings. The molecule has 2 aliphatic heterocycles. The number of carbonyl (C=O) groups is 1. The summed E-state index contributed by atoms with van der Waals surface area (Å²) >= 11 is 0. The molecule has 2 saturated heterocycles. The Morgan fingerprint density at radius 2 is 1.90 bits per heavy atom. The molecule has 4 rings (SSSR count). The first kappa shape index (κ1) is 19.4. The molecule has 0 aliphatic carbocycles. The fourth-order valence-corrected chi connectivity index (χ4v) is 4.27. The van der Waals surface area contributed by atoms with Gasteiger partial charge in [-0.3, -0.25) is 4.90 Å². The van der Waals surface area contributed by atoms with Crippen molar-refractivity contribution in [3.63, 3.8) is 0 Å². The highest BCUT2D eigenvalue weighted by Gasteiger charge is 2.50. The monoisotopic (exact) mass is 396 g/mol. The second kappa shape index (κ2) is 7.82. The molecule has 0 radical (unpaired) electrons. The molecule has 150 valence electrons. The molecule has 2 aromatic rings. The van der Waals surface area contributed by atoms with E-state index in [1.165, 1.54) is 12.1 Å². The lowest BCUT2D eigenvalue weighted by Crippen LogP contribution is -2.62. The first-order chi connectivity index (χ1) is 14.0. The molecular formula is C22H21FN2O4. The van der Waals surface area contributed by atoms with Crippen molar-refractivity contribution < 1.29 is 23.8 Å². The van der Waals surface area contributed by atoms with Crippen molar-refractivity contribution in [1.82, 2.24) is 4.90 Å². The zero-order valence-electron chi connectivity index (χ0n) is 15.8. The molecule has 29 heavy (non-hydrogen) atoms. The number of rotatable bonds is 3. The summed E-state index contributed by atoms with van der Waals surface area (Å²) in [5.74, 6) is -0.711. The van der Waals surface area contributed by atoms with Crippen LogP contribution in [-0.4, -0.2) is 41.4 Å². The van der Waals surface area contributed by atoms with Gasteiger partial charge in [0.2, 0.25) is 0 Å². The second-order valence-electron chi connectivity index (χ2n) is 7.51. The van der Waals surface area contributed by atoms with Crippen LogP contribution in [0.2, 0.25) is 0 Å². The average molecular weight is 396 g/mol. The first-order valence-corrected chi connectivity index (χ1v) is 9.50. The number of piperidine rings is 1. The Bertz CT molecular complexity index is 930. The van der Waals surface area contributed by atoms with Gasteiger partial charge >= 0.3 is 6.09 Å². The van der Waals surface area contributed by atoms with Crippen molar-refractivity contribution in [3.8, 4) is 6.07 Å². The van der Waals surface area contributed by atoms with Gasteiger partial charge in [-0.15, -0.1) is 0 Å². The smallest absolute Gasteiger partial charge is 0.410 e. The molecule has 0 spiro atoms. The molecule has 1 amide bonds. The van der Waals surface area contributed by atoms with E-state index in [1.807, 2.05) is 30.3 Å². The summed E-state index contributed by atoms with van der Waals surface area (Å²) in [6.07, 6.45) is -0.258. The SMILES string of the molecule is N#Cc1cccc(C2(O)CC3COCC(C2)N3C(=O)OCc2ccccc2)c1F. The highest BCUT2D eigenvalue weighted by Crippen LogP contribution is 2.42. The number of ether oxygens (including phenoxy) is 2. The van der Waals surface area contributed by atoms with E-state index in [-0.39, 0.29) is 43.8 Å². The lowest BCUT2D eigenvalue weighted by Gasteiger charge is -2.51. The third-order valence-corrected chi connectivity index (χ3v) is 5.59. The van der Waals surface area contributed by atoms with Gasteiger partial charge in [-0.05, 0) is 11.6 Å².